The first-order valence-corrected chi connectivity index (χ1v) is 6.40. The average molecular weight is 247 g/mol. The SMILES string of the molecule is S=C(NCc1ccccc1)OC1C=CCCC1. The third kappa shape index (κ3) is 4.19. The molecule has 0 bridgehead atoms. The first kappa shape index (κ1) is 12.1. The Morgan fingerprint density at radius 2 is 2.18 bits per heavy atom. The number of ether oxygens (including phenoxy) is 1. The molecule has 0 spiro atoms. The van der Waals surface area contributed by atoms with Crippen LogP contribution in [-0.4, -0.2) is 11.3 Å². The summed E-state index contributed by atoms with van der Waals surface area (Å²) >= 11 is 5.17. The molecule has 0 aliphatic heterocycles. The van der Waals surface area contributed by atoms with E-state index in [1.165, 1.54) is 12.0 Å². The Morgan fingerprint density at radius 3 is 2.88 bits per heavy atom. The van der Waals surface area contributed by atoms with Crippen molar-refractivity contribution in [2.45, 2.75) is 31.9 Å². The van der Waals surface area contributed by atoms with Gasteiger partial charge in [-0.15, -0.1) is 0 Å². The fourth-order valence-electron chi connectivity index (χ4n) is 1.83. The summed E-state index contributed by atoms with van der Waals surface area (Å²) in [7, 11) is 0. The Bertz CT molecular complexity index is 388. The molecule has 1 aromatic rings. The van der Waals surface area contributed by atoms with E-state index in [1.54, 1.807) is 0 Å². The second-order valence-corrected chi connectivity index (χ2v) is 4.51. The Morgan fingerprint density at radius 1 is 1.35 bits per heavy atom. The standard InChI is InChI=1S/C14H17NOS/c17-14(16-13-9-5-2-6-10-13)15-11-12-7-3-1-4-8-12/h1,3-5,7-9,13H,2,6,10-11H2,(H,15,17). The van der Waals surface area contributed by atoms with Gasteiger partial charge in [-0.3, -0.25) is 0 Å². The monoisotopic (exact) mass is 247 g/mol. The summed E-state index contributed by atoms with van der Waals surface area (Å²) in [5, 5.41) is 3.61. The predicted molar refractivity (Wildman–Crippen MR) is 73.7 cm³/mol. The summed E-state index contributed by atoms with van der Waals surface area (Å²) in [5.74, 6) is 0. The molecule has 0 heterocycles. The number of allylic oxidation sites excluding steroid dienone is 1. The van der Waals surface area contributed by atoms with Crippen LogP contribution in [0.25, 0.3) is 0 Å². The number of rotatable bonds is 3. The van der Waals surface area contributed by atoms with Gasteiger partial charge < -0.3 is 10.1 Å². The van der Waals surface area contributed by atoms with Gasteiger partial charge in [0.25, 0.3) is 5.17 Å². The molecule has 0 saturated heterocycles. The van der Waals surface area contributed by atoms with Gasteiger partial charge in [-0.25, -0.2) is 0 Å². The lowest BCUT2D eigenvalue weighted by atomic mass is 10.1. The minimum absolute atomic E-state index is 0.152. The van der Waals surface area contributed by atoms with Gasteiger partial charge in [-0.1, -0.05) is 36.4 Å². The van der Waals surface area contributed by atoms with Crippen LogP contribution >= 0.6 is 12.2 Å². The fourth-order valence-corrected chi connectivity index (χ4v) is 2.02. The third-order valence-corrected chi connectivity index (χ3v) is 2.99. The summed E-state index contributed by atoms with van der Waals surface area (Å²) in [4.78, 5) is 0. The molecule has 90 valence electrons. The smallest absolute Gasteiger partial charge is 0.257 e. The highest BCUT2D eigenvalue weighted by Crippen LogP contribution is 2.13. The first-order chi connectivity index (χ1) is 8.34. The molecule has 17 heavy (non-hydrogen) atoms. The van der Waals surface area contributed by atoms with Crippen molar-refractivity contribution in [1.29, 1.82) is 0 Å². The molecule has 1 aliphatic carbocycles. The number of benzene rings is 1. The van der Waals surface area contributed by atoms with Gasteiger partial charge in [0.15, 0.2) is 0 Å². The van der Waals surface area contributed by atoms with Crippen LogP contribution in [0.2, 0.25) is 0 Å². The van der Waals surface area contributed by atoms with E-state index in [2.05, 4.69) is 29.6 Å². The van der Waals surface area contributed by atoms with Crippen LogP contribution in [0.5, 0.6) is 0 Å². The third-order valence-electron chi connectivity index (χ3n) is 2.75. The van der Waals surface area contributed by atoms with Gasteiger partial charge in [-0.2, -0.15) is 0 Å². The molecule has 0 saturated carbocycles. The van der Waals surface area contributed by atoms with Crippen molar-refractivity contribution in [1.82, 2.24) is 5.32 Å². The summed E-state index contributed by atoms with van der Waals surface area (Å²) in [5.41, 5.74) is 1.21. The molecule has 1 aromatic carbocycles. The van der Waals surface area contributed by atoms with E-state index in [1.807, 2.05) is 18.2 Å². The van der Waals surface area contributed by atoms with Crippen LogP contribution in [-0.2, 0) is 11.3 Å². The van der Waals surface area contributed by atoms with Gasteiger partial charge in [0.1, 0.15) is 6.10 Å². The Labute approximate surface area is 108 Å². The van der Waals surface area contributed by atoms with E-state index in [0.29, 0.717) is 5.17 Å². The topological polar surface area (TPSA) is 21.3 Å². The highest BCUT2D eigenvalue weighted by atomic mass is 32.1. The van der Waals surface area contributed by atoms with Crippen LogP contribution in [0.1, 0.15) is 24.8 Å². The molecule has 3 heteroatoms. The van der Waals surface area contributed by atoms with E-state index in [-0.39, 0.29) is 6.10 Å². The molecule has 2 nitrogen and oxygen atoms in total. The number of hydrogen-bond acceptors (Lipinski definition) is 2. The summed E-state index contributed by atoms with van der Waals surface area (Å²) in [6, 6.07) is 10.2. The molecule has 0 radical (unpaired) electrons. The van der Waals surface area contributed by atoms with Gasteiger partial charge in [0, 0.05) is 6.54 Å². The maximum Gasteiger partial charge on any atom is 0.257 e. The zero-order chi connectivity index (χ0) is 11.9. The van der Waals surface area contributed by atoms with E-state index in [0.717, 1.165) is 19.4 Å². The lowest BCUT2D eigenvalue weighted by Crippen LogP contribution is -2.28. The Kier molecular flexibility index (Phi) is 4.56. The molecule has 0 fully saturated rings. The van der Waals surface area contributed by atoms with Gasteiger partial charge in [0.05, 0.1) is 0 Å². The summed E-state index contributed by atoms with van der Waals surface area (Å²) in [6.45, 7) is 0.718. The van der Waals surface area contributed by atoms with Crippen molar-refractivity contribution < 1.29 is 4.74 Å². The predicted octanol–water partition coefficient (Wildman–Crippen LogP) is 3.19. The molecular formula is C14H17NOS. The zero-order valence-electron chi connectivity index (χ0n) is 9.76. The normalized spacial score (nSPS) is 18.7. The van der Waals surface area contributed by atoms with Crippen LogP contribution in [0.4, 0.5) is 0 Å². The fraction of sp³-hybridized carbons (Fsp3) is 0.357. The lowest BCUT2D eigenvalue weighted by Gasteiger charge is -2.19. The molecular weight excluding hydrogens is 230 g/mol. The second-order valence-electron chi connectivity index (χ2n) is 4.14. The highest BCUT2D eigenvalue weighted by Gasteiger charge is 2.10. The largest absolute Gasteiger partial charge is 0.464 e. The van der Waals surface area contributed by atoms with Crippen molar-refractivity contribution >= 4 is 17.4 Å². The van der Waals surface area contributed by atoms with E-state index >= 15 is 0 Å². The van der Waals surface area contributed by atoms with Crippen LogP contribution in [0.15, 0.2) is 42.5 Å². The second kappa shape index (κ2) is 6.40. The maximum atomic E-state index is 5.65. The first-order valence-electron chi connectivity index (χ1n) is 5.99. The Hall–Kier alpha value is -1.35. The average Bonchev–Trinajstić information content (AvgIpc) is 2.39. The molecule has 0 aromatic heterocycles. The molecule has 1 aliphatic rings. The van der Waals surface area contributed by atoms with Crippen molar-refractivity contribution in [2.24, 2.45) is 0 Å². The Balaban J connectivity index is 1.74. The molecule has 1 N–H and O–H groups in total. The quantitative estimate of drug-likeness (QED) is 0.655. The van der Waals surface area contributed by atoms with E-state index in [4.69, 9.17) is 17.0 Å². The van der Waals surface area contributed by atoms with E-state index < -0.39 is 0 Å². The maximum absolute atomic E-state index is 5.65. The van der Waals surface area contributed by atoms with E-state index in [9.17, 15) is 0 Å². The van der Waals surface area contributed by atoms with Gasteiger partial charge in [-0.05, 0) is 43.1 Å². The number of hydrogen-bond donors (Lipinski definition) is 1. The molecule has 2 rings (SSSR count). The minimum Gasteiger partial charge on any atom is -0.464 e. The number of thiocarbonyl (C=S) groups is 1. The highest BCUT2D eigenvalue weighted by molar-refractivity contribution is 7.80. The molecule has 1 atom stereocenters. The number of nitrogens with one attached hydrogen (secondary N) is 1. The van der Waals surface area contributed by atoms with Crippen LogP contribution < -0.4 is 5.32 Å². The van der Waals surface area contributed by atoms with Gasteiger partial charge in [0.2, 0.25) is 0 Å². The summed E-state index contributed by atoms with van der Waals surface area (Å²) in [6.07, 6.45) is 7.81. The van der Waals surface area contributed by atoms with Crippen molar-refractivity contribution in [2.75, 3.05) is 0 Å². The van der Waals surface area contributed by atoms with Crippen LogP contribution in [0, 0.1) is 0 Å². The van der Waals surface area contributed by atoms with Gasteiger partial charge >= 0.3 is 0 Å². The molecule has 1 unspecified atom stereocenters. The minimum atomic E-state index is 0.152. The lowest BCUT2D eigenvalue weighted by molar-refractivity contribution is 0.213. The van der Waals surface area contributed by atoms with Crippen molar-refractivity contribution in [3.8, 4) is 0 Å². The van der Waals surface area contributed by atoms with Crippen molar-refractivity contribution in [3.63, 3.8) is 0 Å². The zero-order valence-corrected chi connectivity index (χ0v) is 10.6. The summed E-state index contributed by atoms with van der Waals surface area (Å²) < 4.78 is 5.65. The van der Waals surface area contributed by atoms with Crippen LogP contribution in [0.3, 0.4) is 0 Å². The molecule has 0 amide bonds. The van der Waals surface area contributed by atoms with Crippen molar-refractivity contribution in [3.05, 3.63) is 48.0 Å².